The predicted octanol–water partition coefficient (Wildman–Crippen LogP) is 3.01. The second kappa shape index (κ2) is 9.62. The van der Waals surface area contributed by atoms with Crippen LogP contribution >= 0.6 is 15.9 Å². The first kappa shape index (κ1) is 17.7. The maximum Gasteiger partial charge on any atom is 0.407 e. The van der Waals surface area contributed by atoms with Crippen LogP contribution in [0.15, 0.2) is 0 Å². The van der Waals surface area contributed by atoms with Crippen molar-refractivity contribution in [2.75, 3.05) is 31.5 Å². The lowest BCUT2D eigenvalue weighted by molar-refractivity contribution is 0.0526. The molecule has 0 aromatic heterocycles. The fourth-order valence-electron chi connectivity index (χ4n) is 1.52. The molecule has 5 heteroatoms. The van der Waals surface area contributed by atoms with Gasteiger partial charge in [-0.25, -0.2) is 4.79 Å². The van der Waals surface area contributed by atoms with Crippen molar-refractivity contribution in [2.45, 2.75) is 46.1 Å². The predicted molar refractivity (Wildman–Crippen MR) is 79.4 cm³/mol. The van der Waals surface area contributed by atoms with E-state index in [0.717, 1.165) is 37.8 Å². The summed E-state index contributed by atoms with van der Waals surface area (Å²) in [7, 11) is 0. The highest BCUT2D eigenvalue weighted by molar-refractivity contribution is 9.09. The monoisotopic (exact) mass is 322 g/mol. The van der Waals surface area contributed by atoms with E-state index >= 15 is 0 Å². The van der Waals surface area contributed by atoms with Crippen LogP contribution in [-0.4, -0.2) is 48.1 Å². The van der Waals surface area contributed by atoms with E-state index in [1.165, 1.54) is 0 Å². The fraction of sp³-hybridized carbons (Fsp3) is 0.923. The summed E-state index contributed by atoms with van der Waals surface area (Å²) in [5.41, 5.74) is -0.421. The molecule has 0 aromatic rings. The Bertz CT molecular complexity index is 230. The zero-order valence-electron chi connectivity index (χ0n) is 12.1. The minimum atomic E-state index is -0.421. The van der Waals surface area contributed by atoms with Crippen LogP contribution in [-0.2, 0) is 4.74 Å². The lowest BCUT2D eigenvalue weighted by atomic mass is 10.2. The van der Waals surface area contributed by atoms with Crippen LogP contribution in [0, 0.1) is 0 Å². The van der Waals surface area contributed by atoms with Crippen molar-refractivity contribution in [1.29, 1.82) is 0 Å². The van der Waals surface area contributed by atoms with Gasteiger partial charge in [0.05, 0.1) is 0 Å². The van der Waals surface area contributed by atoms with Crippen LogP contribution in [0.2, 0.25) is 0 Å². The van der Waals surface area contributed by atoms with Crippen molar-refractivity contribution >= 4 is 22.0 Å². The molecule has 0 heterocycles. The topological polar surface area (TPSA) is 41.6 Å². The number of nitrogens with zero attached hydrogens (tertiary/aromatic N) is 1. The molecule has 1 amide bonds. The second-order valence-corrected chi connectivity index (χ2v) is 6.05. The molecule has 0 bridgehead atoms. The minimum absolute atomic E-state index is 0.328. The third-order valence-electron chi connectivity index (χ3n) is 2.37. The number of rotatable bonds is 8. The number of hydrogen-bond acceptors (Lipinski definition) is 3. The van der Waals surface area contributed by atoms with Crippen molar-refractivity contribution < 1.29 is 9.53 Å². The lowest BCUT2D eigenvalue weighted by Gasteiger charge is -2.21. The quantitative estimate of drug-likeness (QED) is 0.551. The van der Waals surface area contributed by atoms with Crippen LogP contribution in [0.3, 0.4) is 0 Å². The molecule has 0 saturated heterocycles. The highest BCUT2D eigenvalue weighted by Crippen LogP contribution is 2.06. The summed E-state index contributed by atoms with van der Waals surface area (Å²) in [5.74, 6) is 0. The Kier molecular flexibility index (Phi) is 9.46. The van der Waals surface area contributed by atoms with Gasteiger partial charge in [0, 0.05) is 11.9 Å². The molecule has 18 heavy (non-hydrogen) atoms. The van der Waals surface area contributed by atoms with E-state index in [9.17, 15) is 4.79 Å². The molecule has 0 radical (unpaired) electrons. The maximum absolute atomic E-state index is 11.4. The Morgan fingerprint density at radius 3 is 2.39 bits per heavy atom. The van der Waals surface area contributed by atoms with E-state index in [4.69, 9.17) is 4.74 Å². The van der Waals surface area contributed by atoms with Gasteiger partial charge in [0.2, 0.25) is 0 Å². The van der Waals surface area contributed by atoms with Crippen LogP contribution in [0.25, 0.3) is 0 Å². The summed E-state index contributed by atoms with van der Waals surface area (Å²) in [6.45, 7) is 11.6. The van der Waals surface area contributed by atoms with Crippen LogP contribution in [0.1, 0.15) is 40.5 Å². The number of amides is 1. The fourth-order valence-corrected chi connectivity index (χ4v) is 1.77. The molecule has 108 valence electrons. The van der Waals surface area contributed by atoms with Gasteiger partial charge in [0.15, 0.2) is 0 Å². The first-order valence-corrected chi connectivity index (χ1v) is 7.76. The van der Waals surface area contributed by atoms with Crippen molar-refractivity contribution in [1.82, 2.24) is 10.2 Å². The van der Waals surface area contributed by atoms with E-state index in [-0.39, 0.29) is 6.09 Å². The zero-order chi connectivity index (χ0) is 14.0. The summed E-state index contributed by atoms with van der Waals surface area (Å²) in [4.78, 5) is 13.8. The van der Waals surface area contributed by atoms with Crippen molar-refractivity contribution in [2.24, 2.45) is 0 Å². The van der Waals surface area contributed by atoms with E-state index in [0.29, 0.717) is 6.54 Å². The Labute approximate surface area is 120 Å². The van der Waals surface area contributed by atoms with E-state index < -0.39 is 5.60 Å². The van der Waals surface area contributed by atoms with Crippen LogP contribution in [0.5, 0.6) is 0 Å². The molecular formula is C13H27BrN2O2. The Hall–Kier alpha value is -0.290. The summed E-state index contributed by atoms with van der Waals surface area (Å²) >= 11 is 3.44. The normalized spacial score (nSPS) is 11.7. The number of alkyl carbamates (subject to hydrolysis) is 1. The molecule has 4 nitrogen and oxygen atoms in total. The van der Waals surface area contributed by atoms with Crippen molar-refractivity contribution in [3.63, 3.8) is 0 Å². The average Bonchev–Trinajstić information content (AvgIpc) is 2.26. The second-order valence-electron chi connectivity index (χ2n) is 5.26. The highest BCUT2D eigenvalue weighted by atomic mass is 79.9. The van der Waals surface area contributed by atoms with Gasteiger partial charge in [-0.05, 0) is 53.2 Å². The van der Waals surface area contributed by atoms with Gasteiger partial charge < -0.3 is 15.0 Å². The molecule has 0 aliphatic carbocycles. The molecule has 0 aliphatic heterocycles. The summed E-state index contributed by atoms with van der Waals surface area (Å²) in [6.07, 6.45) is 1.79. The molecule has 0 atom stereocenters. The molecule has 0 aliphatic rings. The SMILES string of the molecule is CCN(CCCBr)CCCNC(=O)OC(C)(C)C. The summed E-state index contributed by atoms with van der Waals surface area (Å²) < 4.78 is 5.17. The van der Waals surface area contributed by atoms with Gasteiger partial charge >= 0.3 is 6.09 Å². The number of nitrogens with one attached hydrogen (secondary N) is 1. The molecular weight excluding hydrogens is 296 g/mol. The van der Waals surface area contributed by atoms with Crippen LogP contribution < -0.4 is 5.32 Å². The lowest BCUT2D eigenvalue weighted by Crippen LogP contribution is -2.34. The minimum Gasteiger partial charge on any atom is -0.444 e. The molecule has 0 spiro atoms. The third-order valence-corrected chi connectivity index (χ3v) is 2.94. The van der Waals surface area contributed by atoms with Gasteiger partial charge in [-0.1, -0.05) is 22.9 Å². The zero-order valence-corrected chi connectivity index (χ0v) is 13.7. The van der Waals surface area contributed by atoms with Gasteiger partial charge in [0.25, 0.3) is 0 Å². The Morgan fingerprint density at radius 1 is 1.28 bits per heavy atom. The standard InChI is InChI=1S/C13H27BrN2O2/c1-5-16(10-6-8-14)11-7-9-15-12(17)18-13(2,3)4/h5-11H2,1-4H3,(H,15,17). The van der Waals surface area contributed by atoms with E-state index in [1.54, 1.807) is 0 Å². The highest BCUT2D eigenvalue weighted by Gasteiger charge is 2.15. The first-order chi connectivity index (χ1) is 8.39. The summed E-state index contributed by atoms with van der Waals surface area (Å²) in [6, 6.07) is 0. The van der Waals surface area contributed by atoms with Crippen molar-refractivity contribution in [3.8, 4) is 0 Å². The average molecular weight is 323 g/mol. The molecule has 0 aromatic carbocycles. The van der Waals surface area contributed by atoms with E-state index in [2.05, 4.69) is 33.1 Å². The van der Waals surface area contributed by atoms with Gasteiger partial charge in [0.1, 0.15) is 5.60 Å². The number of alkyl halides is 1. The molecule has 0 unspecified atom stereocenters. The Morgan fingerprint density at radius 2 is 1.89 bits per heavy atom. The van der Waals surface area contributed by atoms with E-state index in [1.807, 2.05) is 20.8 Å². The van der Waals surface area contributed by atoms with Crippen LogP contribution in [0.4, 0.5) is 4.79 Å². The number of carbonyl (C=O) groups excluding carboxylic acids is 1. The molecule has 1 N–H and O–H groups in total. The molecule has 0 rings (SSSR count). The third kappa shape index (κ3) is 10.8. The largest absolute Gasteiger partial charge is 0.444 e. The Balaban J connectivity index is 3.62. The maximum atomic E-state index is 11.4. The van der Waals surface area contributed by atoms with Gasteiger partial charge in [-0.3, -0.25) is 0 Å². The smallest absolute Gasteiger partial charge is 0.407 e. The number of hydrogen-bond donors (Lipinski definition) is 1. The number of halogens is 1. The van der Waals surface area contributed by atoms with Gasteiger partial charge in [-0.15, -0.1) is 0 Å². The number of ether oxygens (including phenoxy) is 1. The molecule has 0 fully saturated rings. The first-order valence-electron chi connectivity index (χ1n) is 6.64. The van der Waals surface area contributed by atoms with Crippen molar-refractivity contribution in [3.05, 3.63) is 0 Å². The summed E-state index contributed by atoms with van der Waals surface area (Å²) in [5, 5.41) is 3.82. The molecule has 0 saturated carbocycles. The van der Waals surface area contributed by atoms with Gasteiger partial charge in [-0.2, -0.15) is 0 Å². The number of carbonyl (C=O) groups is 1.